The molecule has 32 heavy (non-hydrogen) atoms. The second-order valence-electron chi connectivity index (χ2n) is 6.92. The van der Waals surface area contributed by atoms with Gasteiger partial charge < -0.3 is 15.4 Å². The highest BCUT2D eigenvalue weighted by Gasteiger charge is 2.21. The molecule has 1 atom stereocenters. The van der Waals surface area contributed by atoms with E-state index in [1.807, 2.05) is 24.3 Å². The normalized spacial score (nSPS) is 13.4. The van der Waals surface area contributed by atoms with Gasteiger partial charge in [0, 0.05) is 18.8 Å². The van der Waals surface area contributed by atoms with Gasteiger partial charge in [0.25, 0.3) is 11.8 Å². The van der Waals surface area contributed by atoms with Crippen LogP contribution in [0.2, 0.25) is 0 Å². The number of aromatic nitrogens is 1. The molecule has 166 valence electrons. The lowest BCUT2D eigenvalue weighted by molar-refractivity contribution is -0.118. The fraction of sp³-hybridized carbons (Fsp3) is 0.273. The third-order valence-corrected chi connectivity index (χ3v) is 4.79. The number of benzene rings is 1. The van der Waals surface area contributed by atoms with Crippen molar-refractivity contribution in [1.29, 1.82) is 5.26 Å². The molecule has 10 heteroatoms. The van der Waals surface area contributed by atoms with E-state index in [1.54, 1.807) is 29.4 Å². The summed E-state index contributed by atoms with van der Waals surface area (Å²) in [5.41, 5.74) is 7.98. The second-order valence-corrected chi connectivity index (χ2v) is 6.92. The van der Waals surface area contributed by atoms with E-state index in [4.69, 9.17) is 4.74 Å². The molecular weight excluding hydrogens is 410 g/mol. The SMILES string of the molecule is CCc1ccc(C(C#N)NC(=O)C2=CN(CCNC(=O)c3cccc(OC)n3)NN2)cc1. The Morgan fingerprint density at radius 1 is 1.22 bits per heavy atom. The fourth-order valence-electron chi connectivity index (χ4n) is 2.97. The number of carbonyl (C=O) groups is 2. The third kappa shape index (κ3) is 5.74. The van der Waals surface area contributed by atoms with Crippen LogP contribution in [0.25, 0.3) is 0 Å². The van der Waals surface area contributed by atoms with Gasteiger partial charge in [-0.3, -0.25) is 20.0 Å². The molecule has 0 aliphatic carbocycles. The molecule has 3 rings (SSSR count). The van der Waals surface area contributed by atoms with Crippen LogP contribution < -0.4 is 26.3 Å². The largest absolute Gasteiger partial charge is 0.481 e. The Labute approximate surface area is 186 Å². The molecule has 0 saturated heterocycles. The maximum absolute atomic E-state index is 12.5. The number of hydrazine groups is 2. The summed E-state index contributed by atoms with van der Waals surface area (Å²) in [7, 11) is 1.48. The summed E-state index contributed by atoms with van der Waals surface area (Å²) in [6.07, 6.45) is 2.47. The van der Waals surface area contributed by atoms with Gasteiger partial charge in [-0.1, -0.05) is 37.3 Å². The zero-order valence-corrected chi connectivity index (χ0v) is 17.9. The molecule has 1 aromatic heterocycles. The Hall–Kier alpha value is -4.10. The van der Waals surface area contributed by atoms with Gasteiger partial charge in [0.1, 0.15) is 17.4 Å². The van der Waals surface area contributed by atoms with Crippen molar-refractivity contribution in [2.75, 3.05) is 20.2 Å². The molecular formula is C22H25N7O3. The van der Waals surface area contributed by atoms with Crippen molar-refractivity contribution in [3.8, 4) is 11.9 Å². The number of nitrogens with one attached hydrogen (secondary N) is 4. The van der Waals surface area contributed by atoms with Crippen LogP contribution in [0.5, 0.6) is 5.88 Å². The Morgan fingerprint density at radius 3 is 2.69 bits per heavy atom. The number of carbonyl (C=O) groups excluding carboxylic acids is 2. The average molecular weight is 435 g/mol. The lowest BCUT2D eigenvalue weighted by Gasteiger charge is -2.15. The van der Waals surface area contributed by atoms with E-state index in [0.29, 0.717) is 19.0 Å². The summed E-state index contributed by atoms with van der Waals surface area (Å²) in [6, 6.07) is 13.9. The number of hydrogen-bond donors (Lipinski definition) is 4. The molecule has 0 radical (unpaired) electrons. The zero-order chi connectivity index (χ0) is 22.9. The van der Waals surface area contributed by atoms with Crippen molar-refractivity contribution in [2.45, 2.75) is 19.4 Å². The number of hydrogen-bond acceptors (Lipinski definition) is 8. The first-order valence-electron chi connectivity index (χ1n) is 10.1. The molecule has 0 bridgehead atoms. The van der Waals surface area contributed by atoms with Crippen LogP contribution in [0.1, 0.15) is 34.6 Å². The van der Waals surface area contributed by atoms with Crippen molar-refractivity contribution in [1.82, 2.24) is 31.6 Å². The number of methoxy groups -OCH3 is 1. The smallest absolute Gasteiger partial charge is 0.271 e. The van der Waals surface area contributed by atoms with Crippen molar-refractivity contribution < 1.29 is 14.3 Å². The molecule has 0 fully saturated rings. The van der Waals surface area contributed by atoms with Crippen molar-refractivity contribution in [3.63, 3.8) is 0 Å². The Kier molecular flexibility index (Phi) is 7.61. The van der Waals surface area contributed by atoms with Gasteiger partial charge in [-0.15, -0.1) is 5.53 Å². The minimum absolute atomic E-state index is 0.252. The van der Waals surface area contributed by atoms with Crippen LogP contribution in [-0.2, 0) is 11.2 Å². The van der Waals surface area contributed by atoms with Crippen LogP contribution >= 0.6 is 0 Å². The highest BCUT2D eigenvalue weighted by Crippen LogP contribution is 2.14. The number of amides is 2. The molecule has 1 aromatic carbocycles. The molecule has 2 heterocycles. The van der Waals surface area contributed by atoms with Crippen LogP contribution in [0.3, 0.4) is 0 Å². The minimum atomic E-state index is -0.764. The summed E-state index contributed by atoms with van der Waals surface area (Å²) in [6.45, 7) is 2.75. The highest BCUT2D eigenvalue weighted by molar-refractivity contribution is 5.93. The molecule has 1 aliphatic heterocycles. The van der Waals surface area contributed by atoms with E-state index >= 15 is 0 Å². The van der Waals surface area contributed by atoms with Gasteiger partial charge in [-0.2, -0.15) is 5.26 Å². The summed E-state index contributed by atoms with van der Waals surface area (Å²) in [5.74, 6) is -0.390. The topological polar surface area (TPSA) is 131 Å². The van der Waals surface area contributed by atoms with E-state index in [9.17, 15) is 14.9 Å². The van der Waals surface area contributed by atoms with E-state index in [2.05, 4.69) is 39.6 Å². The fourth-order valence-corrected chi connectivity index (χ4v) is 2.97. The van der Waals surface area contributed by atoms with E-state index in [0.717, 1.165) is 17.5 Å². The number of nitrogens with zero attached hydrogens (tertiary/aromatic N) is 3. The molecule has 2 amide bonds. The van der Waals surface area contributed by atoms with Crippen LogP contribution in [-0.4, -0.2) is 42.0 Å². The van der Waals surface area contributed by atoms with Crippen molar-refractivity contribution >= 4 is 11.8 Å². The van der Waals surface area contributed by atoms with Crippen LogP contribution in [0.15, 0.2) is 54.4 Å². The summed E-state index contributed by atoms with van der Waals surface area (Å²) >= 11 is 0. The van der Waals surface area contributed by atoms with Gasteiger partial charge in [0.2, 0.25) is 5.88 Å². The molecule has 10 nitrogen and oxygen atoms in total. The quantitative estimate of drug-likeness (QED) is 0.458. The van der Waals surface area contributed by atoms with Crippen LogP contribution in [0.4, 0.5) is 0 Å². The molecule has 2 aromatic rings. The maximum atomic E-state index is 12.5. The third-order valence-electron chi connectivity index (χ3n) is 4.79. The van der Waals surface area contributed by atoms with Crippen molar-refractivity contribution in [3.05, 3.63) is 71.2 Å². The number of ether oxygens (including phenoxy) is 1. The lowest BCUT2D eigenvalue weighted by Crippen LogP contribution is -2.42. The molecule has 0 spiro atoms. The second kappa shape index (κ2) is 10.8. The summed E-state index contributed by atoms with van der Waals surface area (Å²) in [4.78, 5) is 28.8. The Morgan fingerprint density at radius 2 is 2.00 bits per heavy atom. The van der Waals surface area contributed by atoms with Gasteiger partial charge >= 0.3 is 0 Å². The molecule has 0 saturated carbocycles. The number of nitriles is 1. The van der Waals surface area contributed by atoms with E-state index in [-0.39, 0.29) is 17.3 Å². The first kappa shape index (κ1) is 22.6. The Balaban J connectivity index is 1.49. The van der Waals surface area contributed by atoms with Gasteiger partial charge in [0.05, 0.1) is 19.7 Å². The average Bonchev–Trinajstić information content (AvgIpc) is 3.31. The summed E-state index contributed by atoms with van der Waals surface area (Å²) in [5, 5.41) is 16.5. The van der Waals surface area contributed by atoms with E-state index in [1.165, 1.54) is 7.11 Å². The first-order chi connectivity index (χ1) is 15.5. The van der Waals surface area contributed by atoms with Gasteiger partial charge in [-0.05, 0) is 23.6 Å². The number of pyridine rings is 1. The monoisotopic (exact) mass is 435 g/mol. The number of rotatable bonds is 9. The van der Waals surface area contributed by atoms with Crippen LogP contribution in [0, 0.1) is 11.3 Å². The predicted molar refractivity (Wildman–Crippen MR) is 116 cm³/mol. The lowest BCUT2D eigenvalue weighted by atomic mass is 10.0. The standard InChI is InChI=1S/C22H25N7O3/c1-3-15-7-9-16(10-8-15)18(13-23)26-22(31)19-14-29(28-27-19)12-11-24-21(30)17-5-4-6-20(25-17)32-2/h4-10,14,18,27-28H,3,11-12H2,1-2H3,(H,24,30)(H,26,31). The van der Waals surface area contributed by atoms with Gasteiger partial charge in [-0.25, -0.2) is 4.98 Å². The minimum Gasteiger partial charge on any atom is -0.481 e. The molecule has 1 unspecified atom stereocenters. The molecule has 1 aliphatic rings. The zero-order valence-electron chi connectivity index (χ0n) is 17.9. The Bertz CT molecular complexity index is 1030. The first-order valence-corrected chi connectivity index (χ1v) is 10.1. The van der Waals surface area contributed by atoms with Gasteiger partial charge in [0.15, 0.2) is 0 Å². The summed E-state index contributed by atoms with van der Waals surface area (Å²) < 4.78 is 5.02. The van der Waals surface area contributed by atoms with Crippen molar-refractivity contribution in [2.24, 2.45) is 0 Å². The maximum Gasteiger partial charge on any atom is 0.271 e. The van der Waals surface area contributed by atoms with E-state index < -0.39 is 11.9 Å². The number of aryl methyl sites for hydroxylation is 1. The predicted octanol–water partition coefficient (Wildman–Crippen LogP) is 0.930. The highest BCUT2D eigenvalue weighted by atomic mass is 16.5. The molecule has 4 N–H and O–H groups in total.